The molecular weight excluding hydrogens is 400 g/mol. The largest absolute Gasteiger partial charge is 0.508 e. The molecule has 4 nitrogen and oxygen atoms in total. The number of benzene rings is 1. The van der Waals surface area contributed by atoms with Crippen LogP contribution in [0.3, 0.4) is 0 Å². The van der Waals surface area contributed by atoms with E-state index in [9.17, 15) is 4.79 Å². The Kier molecular flexibility index (Phi) is 7.01. The van der Waals surface area contributed by atoms with Gasteiger partial charge >= 0.3 is 5.97 Å². The highest BCUT2D eigenvalue weighted by Crippen LogP contribution is 2.58. The van der Waals surface area contributed by atoms with Crippen molar-refractivity contribution in [2.24, 2.45) is 11.8 Å². The van der Waals surface area contributed by atoms with Crippen LogP contribution in [0.15, 0.2) is 23.8 Å². The van der Waals surface area contributed by atoms with Gasteiger partial charge in [0.2, 0.25) is 0 Å². The number of nitrogens with zero attached hydrogens (tertiary/aromatic N) is 1. The predicted molar refractivity (Wildman–Crippen MR) is 138 cm³/mol. The number of carboxylic acid groups (broad SMARTS) is 1. The second-order valence-electron chi connectivity index (χ2n) is 9.48. The highest BCUT2D eigenvalue weighted by atomic mass is 16.5. The minimum absolute atomic E-state index is 0.244. The summed E-state index contributed by atoms with van der Waals surface area (Å²) in [6, 6.07) is 5.30. The van der Waals surface area contributed by atoms with E-state index < -0.39 is 26.9 Å². The zero-order valence-corrected chi connectivity index (χ0v) is 18.7. The fraction of sp³-hybridized carbons (Fsp3) is 0.550. The Hall–Kier alpha value is -1.23. The highest BCUT2D eigenvalue weighted by molar-refractivity contribution is 6.72. The molecule has 0 saturated carbocycles. The molecule has 2 aliphatic rings. The van der Waals surface area contributed by atoms with Crippen molar-refractivity contribution in [3.8, 4) is 5.75 Å². The third kappa shape index (κ3) is 4.95. The first-order valence-corrected chi connectivity index (χ1v) is 10.5. The van der Waals surface area contributed by atoms with Gasteiger partial charge in [-0.2, -0.15) is 0 Å². The molecule has 0 unspecified atom stereocenters. The molecule has 1 heterocycles. The van der Waals surface area contributed by atoms with E-state index >= 15 is 0 Å². The van der Waals surface area contributed by atoms with Gasteiger partial charge in [-0.3, -0.25) is 9.69 Å². The van der Waals surface area contributed by atoms with Gasteiger partial charge in [0.1, 0.15) is 21.4 Å². The Morgan fingerprint density at radius 3 is 2.21 bits per heavy atom. The average Bonchev–Trinajstić information content (AvgIpc) is 2.62. The van der Waals surface area contributed by atoms with Crippen LogP contribution >= 0.6 is 0 Å². The maximum Gasteiger partial charge on any atom is 0.309 e. The number of ether oxygens (including phenoxy) is 1. The normalized spacial score (nSPS) is 20.4. The molecule has 13 heteroatoms. The molecule has 148 valence electrons. The van der Waals surface area contributed by atoms with E-state index in [1.54, 1.807) is 12.1 Å². The van der Waals surface area contributed by atoms with Gasteiger partial charge in [0.15, 0.2) is 0 Å². The van der Waals surface area contributed by atoms with Gasteiger partial charge in [-0.1, -0.05) is 29.9 Å². The van der Waals surface area contributed by atoms with Crippen molar-refractivity contribution in [1.29, 1.82) is 0 Å². The first kappa shape index (κ1) is 26.4. The summed E-state index contributed by atoms with van der Waals surface area (Å²) in [6.45, 7) is 3.97. The molecule has 1 aromatic carbocycles. The van der Waals surface area contributed by atoms with E-state index in [0.717, 1.165) is 24.1 Å². The molecule has 1 N–H and O–H groups in total. The Labute approximate surface area is 208 Å². The SMILES string of the molecule is [B]C([B])([B])C([B])([B])C([B])([B])C([B])([B])Oc1ccc2c(c1)C[C@H](C)C(CN1CC(C(=O)O)C1)=C2. The van der Waals surface area contributed by atoms with E-state index in [2.05, 4.69) is 17.9 Å². The number of carboxylic acids is 1. The van der Waals surface area contributed by atoms with Crippen molar-refractivity contribution in [3.63, 3.8) is 0 Å². The van der Waals surface area contributed by atoms with Crippen LogP contribution < -0.4 is 4.74 Å². The first-order valence-electron chi connectivity index (χ1n) is 10.5. The van der Waals surface area contributed by atoms with Gasteiger partial charge in [-0.25, -0.2) is 0 Å². The third-order valence-corrected chi connectivity index (χ3v) is 6.66. The Bertz CT molecular complexity index is 953. The highest BCUT2D eigenvalue weighted by Gasteiger charge is 2.50. The molecule has 0 amide bonds. The molecule has 33 heavy (non-hydrogen) atoms. The summed E-state index contributed by atoms with van der Waals surface area (Å²) in [5.41, 5.74) is 3.24. The molecule has 1 atom stereocenters. The van der Waals surface area contributed by atoms with Gasteiger partial charge < -0.3 is 9.84 Å². The van der Waals surface area contributed by atoms with Crippen LogP contribution in [0.5, 0.6) is 5.75 Å². The quantitative estimate of drug-likeness (QED) is 0.559. The van der Waals surface area contributed by atoms with E-state index in [1.807, 2.05) is 6.07 Å². The molecule has 0 bridgehead atoms. The summed E-state index contributed by atoms with van der Waals surface area (Å²) >= 11 is 0. The average molecular weight is 418 g/mol. The first-order chi connectivity index (χ1) is 15.0. The lowest BCUT2D eigenvalue weighted by atomic mass is 9.10. The van der Waals surface area contributed by atoms with Crippen LogP contribution in [-0.4, -0.2) is 112 Å². The number of aliphatic carboxylic acids is 1. The summed E-state index contributed by atoms with van der Waals surface area (Å²) < 4.78 is 5.70. The summed E-state index contributed by atoms with van der Waals surface area (Å²) in [7, 11) is 52.9. The van der Waals surface area contributed by atoms with Crippen LogP contribution in [0.1, 0.15) is 18.1 Å². The van der Waals surface area contributed by atoms with E-state index in [4.69, 9.17) is 80.5 Å². The Morgan fingerprint density at radius 1 is 1.06 bits per heavy atom. The number of hydrogen-bond acceptors (Lipinski definition) is 3. The van der Waals surface area contributed by atoms with Gasteiger partial charge in [0.05, 0.1) is 37.3 Å². The standard InChI is InChI=1S/C20H18B9NO3/c1-10-4-12-6-15(33-20(28,29)18(23,24)17(21,22)19(25,26)27)3-2-11(12)5-13(10)7-30-8-14(9-30)16(31)32/h2-3,5-6,10,14H,4,7-9H2,1H3,(H,31,32)/t10-/m0/s1. The second-order valence-corrected chi connectivity index (χ2v) is 9.48. The molecule has 1 fully saturated rings. The van der Waals surface area contributed by atoms with E-state index in [1.165, 1.54) is 5.57 Å². The second kappa shape index (κ2) is 8.77. The van der Waals surface area contributed by atoms with Crippen LogP contribution in [-0.2, 0) is 11.2 Å². The van der Waals surface area contributed by atoms with Crippen molar-refractivity contribution in [2.45, 2.75) is 34.3 Å². The minimum Gasteiger partial charge on any atom is -0.508 e. The van der Waals surface area contributed by atoms with Crippen molar-refractivity contribution in [1.82, 2.24) is 4.90 Å². The maximum atomic E-state index is 11.0. The molecule has 3 rings (SSSR count). The van der Waals surface area contributed by atoms with Crippen molar-refractivity contribution < 1.29 is 14.6 Å². The summed E-state index contributed by atoms with van der Waals surface area (Å²) in [4.78, 5) is 13.2. The Morgan fingerprint density at radius 2 is 1.67 bits per heavy atom. The summed E-state index contributed by atoms with van der Waals surface area (Å²) in [5, 5.41) is -0.0732. The lowest BCUT2D eigenvalue weighted by Crippen LogP contribution is -2.59. The zero-order chi connectivity index (χ0) is 25.0. The van der Waals surface area contributed by atoms with E-state index in [-0.39, 0.29) is 11.8 Å². The summed E-state index contributed by atoms with van der Waals surface area (Å²) in [6.07, 6.45) is 2.84. The number of rotatable bonds is 8. The van der Waals surface area contributed by atoms with Gasteiger partial charge in [0, 0.05) is 48.6 Å². The fourth-order valence-corrected chi connectivity index (χ4v) is 4.04. The molecule has 0 aromatic heterocycles. The maximum absolute atomic E-state index is 11.0. The molecule has 0 spiro atoms. The third-order valence-electron chi connectivity index (χ3n) is 6.66. The summed E-state index contributed by atoms with van der Waals surface area (Å²) in [5.74, 6) is -0.498. The van der Waals surface area contributed by atoms with Crippen LogP contribution in [0.2, 0.25) is 15.5 Å². The molecule has 1 aliphatic carbocycles. The topological polar surface area (TPSA) is 49.8 Å². The smallest absolute Gasteiger partial charge is 0.309 e. The number of likely N-dealkylation sites (tertiary alicyclic amines) is 1. The van der Waals surface area contributed by atoms with Gasteiger partial charge in [-0.15, -0.1) is 10.3 Å². The van der Waals surface area contributed by atoms with Crippen LogP contribution in [0, 0.1) is 11.8 Å². The lowest BCUT2D eigenvalue weighted by molar-refractivity contribution is -0.147. The number of fused-ring (bicyclic) bond motifs is 1. The van der Waals surface area contributed by atoms with Gasteiger partial charge in [0.25, 0.3) is 0 Å². The molecule has 18 radical (unpaired) electrons. The van der Waals surface area contributed by atoms with Crippen molar-refractivity contribution in [2.75, 3.05) is 19.6 Å². The van der Waals surface area contributed by atoms with Crippen LogP contribution in [0.4, 0.5) is 0 Å². The number of hydrogen-bond donors (Lipinski definition) is 1. The Balaban J connectivity index is 1.76. The molecule has 1 aliphatic heterocycles. The predicted octanol–water partition coefficient (Wildman–Crippen LogP) is -0.866. The monoisotopic (exact) mass is 419 g/mol. The van der Waals surface area contributed by atoms with E-state index in [0.29, 0.717) is 18.8 Å². The van der Waals surface area contributed by atoms with Crippen molar-refractivity contribution >= 4 is 82.7 Å². The zero-order valence-electron chi connectivity index (χ0n) is 18.7. The molecule has 1 saturated heterocycles. The van der Waals surface area contributed by atoms with Crippen LogP contribution in [0.25, 0.3) is 6.08 Å². The fourth-order valence-electron chi connectivity index (χ4n) is 4.04. The minimum atomic E-state index is -2.33. The van der Waals surface area contributed by atoms with Crippen molar-refractivity contribution in [3.05, 3.63) is 34.9 Å². The number of carbonyl (C=O) groups is 1. The van der Waals surface area contributed by atoms with Gasteiger partial charge in [-0.05, 0) is 35.6 Å². The lowest BCUT2D eigenvalue weighted by Gasteiger charge is -2.61. The molecular formula is C20H18B9NO3. The molecule has 1 aromatic rings.